The summed E-state index contributed by atoms with van der Waals surface area (Å²) in [7, 11) is 0. The molecule has 4 amide bonds. The number of phenolic OH excluding ortho intramolecular Hbond substituents is 1. The Kier molecular flexibility index (Phi) is 12.4. The second-order valence-electron chi connectivity index (χ2n) is 9.77. The summed E-state index contributed by atoms with van der Waals surface area (Å²) in [5.41, 5.74) is 5.27. The minimum atomic E-state index is -1.29. The number of alkyl carbamates (subject to hydrolysis) is 1. The number of primary amides is 1. The standard InChI is InChI=1S/C26H39N5O6/c1-6-7-8-14-29-23(34)22(18-9-11-20(32)17(2)16-18)31(15-13-27)24(35)19(10-12-21(28)33)30-25(36)37-26(3,4)5/h9,11,16,19,22,32H,6-8,10,12,14-15H2,1-5H3,(H2,28,33)(H,29,34)(H,30,36). The molecule has 5 N–H and O–H groups in total. The summed E-state index contributed by atoms with van der Waals surface area (Å²) >= 11 is 0. The number of benzene rings is 1. The molecule has 11 nitrogen and oxygen atoms in total. The number of unbranched alkanes of at least 4 members (excludes halogenated alkanes) is 2. The van der Waals surface area contributed by atoms with Gasteiger partial charge in [-0.1, -0.05) is 25.8 Å². The zero-order valence-corrected chi connectivity index (χ0v) is 22.3. The van der Waals surface area contributed by atoms with Crippen molar-refractivity contribution >= 4 is 23.8 Å². The monoisotopic (exact) mass is 517 g/mol. The number of aryl methyl sites for hydroxylation is 1. The first kappa shape index (κ1) is 31.2. The predicted octanol–water partition coefficient (Wildman–Crippen LogP) is 2.56. The third-order valence-corrected chi connectivity index (χ3v) is 5.37. The fourth-order valence-electron chi connectivity index (χ4n) is 3.57. The summed E-state index contributed by atoms with van der Waals surface area (Å²) in [5, 5.41) is 24.8. The van der Waals surface area contributed by atoms with Crippen LogP contribution in [0.2, 0.25) is 0 Å². The Balaban J connectivity index is 3.43. The minimum Gasteiger partial charge on any atom is -0.508 e. The summed E-state index contributed by atoms with van der Waals surface area (Å²) < 4.78 is 5.25. The van der Waals surface area contributed by atoms with Crippen LogP contribution in [-0.4, -0.2) is 58.6 Å². The summed E-state index contributed by atoms with van der Waals surface area (Å²) in [6.45, 7) is 8.53. The van der Waals surface area contributed by atoms with Gasteiger partial charge in [0.05, 0.1) is 6.07 Å². The van der Waals surface area contributed by atoms with E-state index in [-0.39, 0.29) is 18.6 Å². The highest BCUT2D eigenvalue weighted by Crippen LogP contribution is 2.27. The molecule has 0 fully saturated rings. The summed E-state index contributed by atoms with van der Waals surface area (Å²) in [5.74, 6) is -1.95. The van der Waals surface area contributed by atoms with E-state index in [9.17, 15) is 29.5 Å². The Bertz CT molecular complexity index is 998. The number of ether oxygens (including phenoxy) is 1. The van der Waals surface area contributed by atoms with Crippen LogP contribution in [0, 0.1) is 18.3 Å². The van der Waals surface area contributed by atoms with Crippen molar-refractivity contribution < 1.29 is 29.0 Å². The smallest absolute Gasteiger partial charge is 0.408 e. The molecular weight excluding hydrogens is 478 g/mol. The van der Waals surface area contributed by atoms with Crippen molar-refractivity contribution in [2.24, 2.45) is 5.73 Å². The van der Waals surface area contributed by atoms with Gasteiger partial charge in [0.25, 0.3) is 0 Å². The van der Waals surface area contributed by atoms with Gasteiger partial charge in [0.1, 0.15) is 30.0 Å². The largest absolute Gasteiger partial charge is 0.508 e. The molecular formula is C26H39N5O6. The molecule has 0 saturated heterocycles. The number of nitrogens with one attached hydrogen (secondary N) is 2. The van der Waals surface area contributed by atoms with Gasteiger partial charge < -0.3 is 31.1 Å². The highest BCUT2D eigenvalue weighted by atomic mass is 16.6. The Morgan fingerprint density at radius 1 is 1.22 bits per heavy atom. The predicted molar refractivity (Wildman–Crippen MR) is 137 cm³/mol. The number of phenols is 1. The molecule has 2 unspecified atom stereocenters. The molecule has 0 saturated carbocycles. The van der Waals surface area contributed by atoms with Gasteiger partial charge in [-0.25, -0.2) is 4.79 Å². The van der Waals surface area contributed by atoms with Gasteiger partial charge in [-0.2, -0.15) is 5.26 Å². The number of amides is 4. The molecule has 11 heteroatoms. The SMILES string of the molecule is CCCCCNC(=O)C(c1ccc(O)c(C)c1)N(CC#N)C(=O)C(CCC(N)=O)NC(=O)OC(C)(C)C. The van der Waals surface area contributed by atoms with Crippen molar-refractivity contribution in [2.45, 2.75) is 84.4 Å². The van der Waals surface area contributed by atoms with Crippen LogP contribution < -0.4 is 16.4 Å². The van der Waals surface area contributed by atoms with E-state index in [1.807, 2.05) is 13.0 Å². The lowest BCUT2D eigenvalue weighted by Crippen LogP contribution is -2.53. The van der Waals surface area contributed by atoms with E-state index in [1.54, 1.807) is 33.8 Å². The molecule has 1 rings (SSSR count). The first-order chi connectivity index (χ1) is 17.3. The van der Waals surface area contributed by atoms with Gasteiger partial charge in [0, 0.05) is 13.0 Å². The van der Waals surface area contributed by atoms with Crippen LogP contribution in [0.5, 0.6) is 5.75 Å². The van der Waals surface area contributed by atoms with Gasteiger partial charge in [-0.15, -0.1) is 0 Å². The minimum absolute atomic E-state index is 0.00920. The van der Waals surface area contributed by atoms with Crippen LogP contribution in [0.25, 0.3) is 0 Å². The Hall–Kier alpha value is -3.81. The second-order valence-corrected chi connectivity index (χ2v) is 9.77. The number of nitrogens with zero attached hydrogens (tertiary/aromatic N) is 2. The third-order valence-electron chi connectivity index (χ3n) is 5.37. The van der Waals surface area contributed by atoms with Gasteiger partial charge in [0.2, 0.25) is 17.7 Å². The number of rotatable bonds is 13. The molecule has 0 heterocycles. The fourth-order valence-corrected chi connectivity index (χ4v) is 3.57. The third kappa shape index (κ3) is 10.8. The van der Waals surface area contributed by atoms with Crippen LogP contribution >= 0.6 is 0 Å². The molecule has 0 radical (unpaired) electrons. The van der Waals surface area contributed by atoms with Crippen LogP contribution in [0.1, 0.15) is 77.0 Å². The van der Waals surface area contributed by atoms with Gasteiger partial charge >= 0.3 is 6.09 Å². The lowest BCUT2D eigenvalue weighted by atomic mass is 9.99. The van der Waals surface area contributed by atoms with Crippen molar-refractivity contribution in [1.29, 1.82) is 5.26 Å². The molecule has 1 aromatic carbocycles. The molecule has 2 atom stereocenters. The van der Waals surface area contributed by atoms with Crippen LogP contribution in [0.15, 0.2) is 18.2 Å². The van der Waals surface area contributed by atoms with Crippen LogP contribution in [0.4, 0.5) is 4.79 Å². The molecule has 0 spiro atoms. The van der Waals surface area contributed by atoms with Crippen molar-refractivity contribution in [3.63, 3.8) is 0 Å². The highest BCUT2D eigenvalue weighted by Gasteiger charge is 2.36. The molecule has 0 aliphatic rings. The number of nitrogens with two attached hydrogens (primary N) is 1. The van der Waals surface area contributed by atoms with E-state index in [0.717, 1.165) is 24.2 Å². The number of nitriles is 1. The van der Waals surface area contributed by atoms with E-state index in [1.165, 1.54) is 12.1 Å². The number of carbonyl (C=O) groups excluding carboxylic acids is 4. The molecule has 204 valence electrons. The second kappa shape index (κ2) is 14.7. The zero-order valence-electron chi connectivity index (χ0n) is 22.3. The van der Waals surface area contributed by atoms with E-state index >= 15 is 0 Å². The quantitative estimate of drug-likeness (QED) is 0.230. The molecule has 0 aromatic heterocycles. The van der Waals surface area contributed by atoms with Crippen LogP contribution in [-0.2, 0) is 19.1 Å². The van der Waals surface area contributed by atoms with E-state index in [2.05, 4.69) is 10.6 Å². The van der Waals surface area contributed by atoms with Crippen LogP contribution in [0.3, 0.4) is 0 Å². The van der Waals surface area contributed by atoms with E-state index in [0.29, 0.717) is 17.7 Å². The van der Waals surface area contributed by atoms with Gasteiger partial charge in [-0.05, 0) is 63.8 Å². The topological polar surface area (TPSA) is 175 Å². The Morgan fingerprint density at radius 2 is 1.89 bits per heavy atom. The first-order valence-corrected chi connectivity index (χ1v) is 12.3. The number of hydrogen-bond acceptors (Lipinski definition) is 7. The Labute approximate surface area is 218 Å². The van der Waals surface area contributed by atoms with Crippen molar-refractivity contribution in [3.8, 4) is 11.8 Å². The fraction of sp³-hybridized carbons (Fsp3) is 0.577. The Morgan fingerprint density at radius 3 is 2.43 bits per heavy atom. The molecule has 0 aliphatic carbocycles. The van der Waals surface area contributed by atoms with Crippen molar-refractivity contribution in [1.82, 2.24) is 15.5 Å². The first-order valence-electron chi connectivity index (χ1n) is 12.3. The maximum atomic E-state index is 13.7. The molecule has 0 aliphatic heterocycles. The van der Waals surface area contributed by atoms with Crippen molar-refractivity contribution in [3.05, 3.63) is 29.3 Å². The summed E-state index contributed by atoms with van der Waals surface area (Å²) in [6, 6.07) is 3.85. The zero-order chi connectivity index (χ0) is 28.2. The molecule has 0 bridgehead atoms. The number of hydrogen-bond donors (Lipinski definition) is 4. The maximum absolute atomic E-state index is 13.7. The average molecular weight is 518 g/mol. The van der Waals surface area contributed by atoms with Crippen molar-refractivity contribution in [2.75, 3.05) is 13.1 Å². The van der Waals surface area contributed by atoms with Gasteiger partial charge in [-0.3, -0.25) is 14.4 Å². The summed E-state index contributed by atoms with van der Waals surface area (Å²) in [4.78, 5) is 52.0. The highest BCUT2D eigenvalue weighted by molar-refractivity contribution is 5.92. The average Bonchev–Trinajstić information content (AvgIpc) is 2.79. The lowest BCUT2D eigenvalue weighted by molar-refractivity contribution is -0.142. The maximum Gasteiger partial charge on any atom is 0.408 e. The normalized spacial score (nSPS) is 12.5. The van der Waals surface area contributed by atoms with E-state index < -0.39 is 48.0 Å². The lowest BCUT2D eigenvalue weighted by Gasteiger charge is -2.33. The molecule has 37 heavy (non-hydrogen) atoms. The number of carbonyl (C=O) groups is 4. The number of aromatic hydroxyl groups is 1. The summed E-state index contributed by atoms with van der Waals surface area (Å²) in [6.07, 6.45) is 1.31. The van der Waals surface area contributed by atoms with E-state index in [4.69, 9.17) is 10.5 Å². The van der Waals surface area contributed by atoms with Gasteiger partial charge in [0.15, 0.2) is 0 Å². The molecule has 1 aromatic rings.